The van der Waals surface area contributed by atoms with Crippen LogP contribution in [-0.2, 0) is 11.2 Å². The van der Waals surface area contributed by atoms with Crippen LogP contribution in [-0.4, -0.2) is 23.3 Å². The van der Waals surface area contributed by atoms with Gasteiger partial charge in [0.05, 0.1) is 12.3 Å². The monoisotopic (exact) mass is 500 g/mol. The predicted octanol–water partition coefficient (Wildman–Crippen LogP) is 6.53. The van der Waals surface area contributed by atoms with Crippen molar-refractivity contribution < 1.29 is 14.3 Å². The molecule has 0 bridgehead atoms. The fourth-order valence-corrected chi connectivity index (χ4v) is 4.46. The Balaban J connectivity index is 1.65. The Bertz CT molecular complexity index is 1030. The maximum atomic E-state index is 12.4. The highest BCUT2D eigenvalue weighted by molar-refractivity contribution is 9.10. The van der Waals surface area contributed by atoms with Crippen molar-refractivity contribution in [1.82, 2.24) is 4.98 Å². The Kier molecular flexibility index (Phi) is 8.37. The second kappa shape index (κ2) is 11.2. The van der Waals surface area contributed by atoms with Gasteiger partial charge in [0.2, 0.25) is 5.91 Å². The molecule has 0 saturated carbocycles. The van der Waals surface area contributed by atoms with E-state index >= 15 is 0 Å². The van der Waals surface area contributed by atoms with E-state index in [0.717, 1.165) is 39.2 Å². The lowest BCUT2D eigenvalue weighted by Crippen LogP contribution is -2.13. The zero-order chi connectivity index (χ0) is 22.2. The summed E-state index contributed by atoms with van der Waals surface area (Å²) in [5, 5.41) is 3.43. The molecule has 0 fully saturated rings. The van der Waals surface area contributed by atoms with Crippen molar-refractivity contribution in [2.24, 2.45) is 0 Å². The van der Waals surface area contributed by atoms with E-state index in [1.807, 2.05) is 43.3 Å². The van der Waals surface area contributed by atoms with E-state index < -0.39 is 0 Å². The lowest BCUT2D eigenvalue weighted by molar-refractivity contribution is -0.116. The molecule has 3 rings (SSSR count). The number of hydrogen-bond acceptors (Lipinski definition) is 5. The third-order valence-corrected chi connectivity index (χ3v) is 6.16. The SMILES string of the molecule is CCCc1sc(NC(=O)CCC(=O)c2ccc(Br)cc2)nc1-c1ccc(OCC)cc1. The van der Waals surface area contributed by atoms with Crippen LogP contribution in [0.2, 0.25) is 0 Å². The minimum absolute atomic E-state index is 0.0523. The van der Waals surface area contributed by atoms with Crippen molar-refractivity contribution in [3.8, 4) is 17.0 Å². The van der Waals surface area contributed by atoms with Crippen LogP contribution in [0.4, 0.5) is 5.13 Å². The number of ketones is 1. The number of carbonyl (C=O) groups excluding carboxylic acids is 2. The van der Waals surface area contributed by atoms with Crippen LogP contribution in [0.1, 0.15) is 48.3 Å². The highest BCUT2D eigenvalue weighted by Crippen LogP contribution is 2.33. The number of anilines is 1. The van der Waals surface area contributed by atoms with E-state index in [0.29, 0.717) is 17.3 Å². The van der Waals surface area contributed by atoms with Crippen molar-refractivity contribution in [2.45, 2.75) is 39.5 Å². The second-order valence-electron chi connectivity index (χ2n) is 6.98. The van der Waals surface area contributed by atoms with Gasteiger partial charge in [-0.15, -0.1) is 11.3 Å². The zero-order valence-electron chi connectivity index (χ0n) is 17.6. The number of amides is 1. The first kappa shape index (κ1) is 23.2. The minimum atomic E-state index is -0.208. The molecule has 1 N–H and O–H groups in total. The first-order valence-electron chi connectivity index (χ1n) is 10.3. The van der Waals surface area contributed by atoms with Gasteiger partial charge >= 0.3 is 0 Å². The van der Waals surface area contributed by atoms with E-state index in [2.05, 4.69) is 33.2 Å². The Morgan fingerprint density at radius 2 is 1.74 bits per heavy atom. The topological polar surface area (TPSA) is 68.3 Å². The average molecular weight is 501 g/mol. The normalized spacial score (nSPS) is 10.7. The molecule has 0 unspecified atom stereocenters. The predicted molar refractivity (Wildman–Crippen MR) is 129 cm³/mol. The summed E-state index contributed by atoms with van der Waals surface area (Å²) in [6.07, 6.45) is 2.15. The lowest BCUT2D eigenvalue weighted by atomic mass is 10.1. The van der Waals surface area contributed by atoms with Crippen molar-refractivity contribution in [3.63, 3.8) is 0 Å². The second-order valence-corrected chi connectivity index (χ2v) is 8.98. The fourth-order valence-electron chi connectivity index (χ4n) is 3.09. The molecule has 0 atom stereocenters. The molecule has 1 heterocycles. The summed E-state index contributed by atoms with van der Waals surface area (Å²) in [5.41, 5.74) is 2.48. The van der Waals surface area contributed by atoms with Crippen LogP contribution in [0.5, 0.6) is 5.75 Å². The summed E-state index contributed by atoms with van der Waals surface area (Å²) in [5.74, 6) is 0.562. The molecule has 5 nitrogen and oxygen atoms in total. The molecule has 0 aliphatic heterocycles. The van der Waals surface area contributed by atoms with Gasteiger partial charge in [-0.25, -0.2) is 4.98 Å². The molecule has 1 amide bonds. The number of thiazole rings is 1. The quantitative estimate of drug-likeness (QED) is 0.321. The summed E-state index contributed by atoms with van der Waals surface area (Å²) in [7, 11) is 0. The van der Waals surface area contributed by atoms with Crippen molar-refractivity contribution >= 4 is 44.1 Å². The van der Waals surface area contributed by atoms with Crippen LogP contribution in [0, 0.1) is 0 Å². The van der Waals surface area contributed by atoms with E-state index in [9.17, 15) is 9.59 Å². The highest BCUT2D eigenvalue weighted by atomic mass is 79.9. The van der Waals surface area contributed by atoms with Gasteiger partial charge in [0, 0.05) is 33.3 Å². The smallest absolute Gasteiger partial charge is 0.226 e. The summed E-state index contributed by atoms with van der Waals surface area (Å²) < 4.78 is 6.43. The maximum Gasteiger partial charge on any atom is 0.226 e. The Hall–Kier alpha value is -2.51. The first-order valence-corrected chi connectivity index (χ1v) is 11.9. The lowest BCUT2D eigenvalue weighted by Gasteiger charge is -2.05. The molecule has 1 aromatic heterocycles. The number of rotatable bonds is 10. The van der Waals surface area contributed by atoms with Crippen molar-refractivity contribution in [3.05, 3.63) is 63.4 Å². The molecule has 0 saturated heterocycles. The van der Waals surface area contributed by atoms with Gasteiger partial charge < -0.3 is 10.1 Å². The number of nitrogens with zero attached hydrogens (tertiary/aromatic N) is 1. The molecular formula is C24H25BrN2O3S. The summed E-state index contributed by atoms with van der Waals surface area (Å²) in [6, 6.07) is 15.0. The third kappa shape index (κ3) is 6.48. The molecule has 162 valence electrons. The summed E-state index contributed by atoms with van der Waals surface area (Å²) >= 11 is 4.84. The van der Waals surface area contributed by atoms with E-state index in [1.165, 1.54) is 11.3 Å². The largest absolute Gasteiger partial charge is 0.494 e. The highest BCUT2D eigenvalue weighted by Gasteiger charge is 2.16. The molecule has 0 radical (unpaired) electrons. The number of benzene rings is 2. The number of ether oxygens (including phenoxy) is 1. The van der Waals surface area contributed by atoms with Gasteiger partial charge in [-0.05, 0) is 49.7 Å². The number of hydrogen-bond donors (Lipinski definition) is 1. The number of aromatic nitrogens is 1. The summed E-state index contributed by atoms with van der Waals surface area (Å²) in [4.78, 5) is 30.5. The van der Waals surface area contributed by atoms with Gasteiger partial charge in [-0.3, -0.25) is 9.59 Å². The van der Waals surface area contributed by atoms with Crippen molar-refractivity contribution in [1.29, 1.82) is 0 Å². The number of nitrogens with one attached hydrogen (secondary N) is 1. The van der Waals surface area contributed by atoms with Crippen LogP contribution in [0.3, 0.4) is 0 Å². The average Bonchev–Trinajstić information content (AvgIpc) is 3.15. The van der Waals surface area contributed by atoms with Crippen LogP contribution in [0.15, 0.2) is 53.0 Å². The molecule has 3 aromatic rings. The standard InChI is InChI=1S/C24H25BrN2O3S/c1-3-5-21-23(17-8-12-19(13-9-17)30-4-2)27-24(31-21)26-22(29)15-14-20(28)16-6-10-18(25)11-7-16/h6-13H,3-5,14-15H2,1-2H3,(H,26,27,29). The van der Waals surface area contributed by atoms with E-state index in [4.69, 9.17) is 4.74 Å². The van der Waals surface area contributed by atoms with Gasteiger partial charge in [-0.1, -0.05) is 41.4 Å². The van der Waals surface area contributed by atoms with Gasteiger partial charge in [0.25, 0.3) is 0 Å². The van der Waals surface area contributed by atoms with Crippen molar-refractivity contribution in [2.75, 3.05) is 11.9 Å². The van der Waals surface area contributed by atoms with Gasteiger partial charge in [0.1, 0.15) is 5.75 Å². The Morgan fingerprint density at radius 3 is 2.39 bits per heavy atom. The Labute approximate surface area is 195 Å². The molecule has 0 aliphatic rings. The molecule has 7 heteroatoms. The molecule has 2 aromatic carbocycles. The van der Waals surface area contributed by atoms with E-state index in [1.54, 1.807) is 12.1 Å². The Morgan fingerprint density at radius 1 is 1.03 bits per heavy atom. The zero-order valence-corrected chi connectivity index (χ0v) is 20.0. The summed E-state index contributed by atoms with van der Waals surface area (Å²) in [6.45, 7) is 4.69. The number of Topliss-reactive ketones (excluding diaryl/α,β-unsaturated/α-hetero) is 1. The number of carbonyl (C=O) groups is 2. The maximum absolute atomic E-state index is 12.4. The van der Waals surface area contributed by atoms with Gasteiger partial charge in [0.15, 0.2) is 10.9 Å². The molecule has 0 spiro atoms. The van der Waals surface area contributed by atoms with Crippen LogP contribution in [0.25, 0.3) is 11.3 Å². The van der Waals surface area contributed by atoms with E-state index in [-0.39, 0.29) is 24.5 Å². The van der Waals surface area contributed by atoms with Crippen LogP contribution >= 0.6 is 27.3 Å². The van der Waals surface area contributed by atoms with Crippen LogP contribution < -0.4 is 10.1 Å². The molecular weight excluding hydrogens is 476 g/mol. The molecule has 31 heavy (non-hydrogen) atoms. The molecule has 0 aliphatic carbocycles. The minimum Gasteiger partial charge on any atom is -0.494 e. The van der Waals surface area contributed by atoms with Gasteiger partial charge in [-0.2, -0.15) is 0 Å². The third-order valence-electron chi connectivity index (χ3n) is 4.60. The number of aryl methyl sites for hydroxylation is 1. The fraction of sp³-hybridized carbons (Fsp3) is 0.292. The first-order chi connectivity index (χ1) is 15.0. The number of halogens is 1.